The second-order valence-electron chi connectivity index (χ2n) is 6.00. The molecule has 0 amide bonds. The zero-order valence-electron chi connectivity index (χ0n) is 15.1. The van der Waals surface area contributed by atoms with Gasteiger partial charge in [0.1, 0.15) is 0 Å². The van der Waals surface area contributed by atoms with E-state index >= 15 is 0 Å². The van der Waals surface area contributed by atoms with Gasteiger partial charge in [-0.2, -0.15) is 0 Å². The van der Waals surface area contributed by atoms with Crippen molar-refractivity contribution in [3.63, 3.8) is 0 Å². The fourth-order valence-corrected chi connectivity index (χ4v) is 2.25. The molecule has 5 heteroatoms. The third-order valence-electron chi connectivity index (χ3n) is 3.77. The number of azide groups is 1. The van der Waals surface area contributed by atoms with E-state index in [0.29, 0.717) is 0 Å². The molecule has 0 unspecified atom stereocenters. The van der Waals surface area contributed by atoms with E-state index in [1.807, 2.05) is 6.08 Å². The summed E-state index contributed by atoms with van der Waals surface area (Å²) in [5.41, 5.74) is 9.58. The van der Waals surface area contributed by atoms with Crippen LogP contribution in [-0.2, 0) is 0 Å². The van der Waals surface area contributed by atoms with Crippen molar-refractivity contribution in [3.8, 4) is 0 Å². The average Bonchev–Trinajstić information content (AvgIpc) is 2.58. The summed E-state index contributed by atoms with van der Waals surface area (Å²) in [6.07, 6.45) is 18.4. The maximum atomic E-state index is 9.73. The minimum Gasteiger partial charge on any atom is -0.396 e. The Labute approximate surface area is 146 Å². The van der Waals surface area contributed by atoms with E-state index in [0.717, 1.165) is 19.3 Å². The topological polar surface area (TPSA) is 89.2 Å². The Morgan fingerprint density at radius 2 is 1.88 bits per heavy atom. The van der Waals surface area contributed by atoms with Gasteiger partial charge in [-0.15, -0.1) is 0 Å². The lowest BCUT2D eigenvalue weighted by atomic mass is 10.1. The largest absolute Gasteiger partial charge is 0.396 e. The Balaban J connectivity index is 3.92. The predicted molar refractivity (Wildman–Crippen MR) is 101 cm³/mol. The molecule has 0 fully saturated rings. The third-order valence-corrected chi connectivity index (χ3v) is 3.77. The minimum atomic E-state index is -0.941. The van der Waals surface area contributed by atoms with Gasteiger partial charge >= 0.3 is 0 Å². The van der Waals surface area contributed by atoms with Crippen molar-refractivity contribution in [2.45, 2.75) is 77.4 Å². The van der Waals surface area contributed by atoms with Crippen molar-refractivity contribution >= 4 is 0 Å². The average molecular weight is 335 g/mol. The Morgan fingerprint density at radius 1 is 1.12 bits per heavy atom. The maximum Gasteiger partial charge on any atom is 0.0900 e. The van der Waals surface area contributed by atoms with Crippen molar-refractivity contribution in [2.24, 2.45) is 5.11 Å². The smallest absolute Gasteiger partial charge is 0.0900 e. The number of nitrogens with zero attached hydrogens (tertiary/aromatic N) is 3. The van der Waals surface area contributed by atoms with Crippen molar-refractivity contribution < 1.29 is 10.2 Å². The molecule has 0 saturated carbocycles. The SMILES string of the molecule is CCCCCCC/C=C/C(C)=C/CC/C=C/[C@@H](O)[C@H](CO)N=[N+]=[N-]. The summed E-state index contributed by atoms with van der Waals surface area (Å²) >= 11 is 0. The van der Waals surface area contributed by atoms with Crippen LogP contribution in [0.2, 0.25) is 0 Å². The van der Waals surface area contributed by atoms with E-state index in [9.17, 15) is 5.11 Å². The first-order valence-corrected chi connectivity index (χ1v) is 8.98. The molecule has 0 bridgehead atoms. The highest BCUT2D eigenvalue weighted by molar-refractivity contribution is 5.15. The van der Waals surface area contributed by atoms with Crippen LogP contribution in [0.3, 0.4) is 0 Å². The highest BCUT2D eigenvalue weighted by Gasteiger charge is 2.12. The number of hydrogen-bond acceptors (Lipinski definition) is 3. The Hall–Kier alpha value is -1.55. The van der Waals surface area contributed by atoms with Crippen LogP contribution in [0.15, 0.2) is 41.1 Å². The summed E-state index contributed by atoms with van der Waals surface area (Å²) in [6.45, 7) is 3.96. The summed E-state index contributed by atoms with van der Waals surface area (Å²) in [4.78, 5) is 2.61. The molecule has 0 radical (unpaired) electrons. The summed E-state index contributed by atoms with van der Waals surface area (Å²) in [7, 11) is 0. The van der Waals surface area contributed by atoms with Crippen LogP contribution in [0.25, 0.3) is 10.4 Å². The van der Waals surface area contributed by atoms with E-state index in [1.165, 1.54) is 37.7 Å². The van der Waals surface area contributed by atoms with Crippen LogP contribution < -0.4 is 0 Å². The molecule has 2 N–H and O–H groups in total. The summed E-state index contributed by atoms with van der Waals surface area (Å²) in [5, 5.41) is 22.1. The molecule has 0 heterocycles. The van der Waals surface area contributed by atoms with E-state index in [-0.39, 0.29) is 6.61 Å². The van der Waals surface area contributed by atoms with Gasteiger partial charge in [0, 0.05) is 4.91 Å². The fourth-order valence-electron chi connectivity index (χ4n) is 2.25. The molecular weight excluding hydrogens is 302 g/mol. The molecule has 0 saturated heterocycles. The summed E-state index contributed by atoms with van der Waals surface area (Å²) in [6, 6.07) is -0.816. The lowest BCUT2D eigenvalue weighted by Gasteiger charge is -2.11. The predicted octanol–water partition coefficient (Wildman–Crippen LogP) is 5.22. The first-order chi connectivity index (χ1) is 11.7. The molecule has 0 aromatic rings. The van der Waals surface area contributed by atoms with Crippen LogP contribution in [0.1, 0.15) is 65.2 Å². The van der Waals surface area contributed by atoms with E-state index in [4.69, 9.17) is 10.6 Å². The van der Waals surface area contributed by atoms with Crippen molar-refractivity contribution in [3.05, 3.63) is 46.4 Å². The Bertz CT molecular complexity index is 438. The summed E-state index contributed by atoms with van der Waals surface area (Å²) in [5.74, 6) is 0. The monoisotopic (exact) mass is 335 g/mol. The molecule has 0 rings (SSSR count). The summed E-state index contributed by atoms with van der Waals surface area (Å²) < 4.78 is 0. The lowest BCUT2D eigenvalue weighted by Crippen LogP contribution is -2.25. The molecule has 0 aliphatic carbocycles. The Morgan fingerprint density at radius 3 is 2.54 bits per heavy atom. The second-order valence-corrected chi connectivity index (χ2v) is 6.00. The van der Waals surface area contributed by atoms with Gasteiger partial charge in [0.05, 0.1) is 18.8 Å². The van der Waals surface area contributed by atoms with Gasteiger partial charge in [-0.25, -0.2) is 0 Å². The highest BCUT2D eigenvalue weighted by Crippen LogP contribution is 2.08. The van der Waals surface area contributed by atoms with E-state index in [1.54, 1.807) is 6.08 Å². The van der Waals surface area contributed by atoms with Gasteiger partial charge < -0.3 is 10.2 Å². The van der Waals surface area contributed by atoms with Gasteiger partial charge in [0.15, 0.2) is 0 Å². The highest BCUT2D eigenvalue weighted by atomic mass is 16.3. The molecule has 0 spiro atoms. The minimum absolute atomic E-state index is 0.363. The Kier molecular flexibility index (Phi) is 15.3. The molecule has 24 heavy (non-hydrogen) atoms. The van der Waals surface area contributed by atoms with Crippen molar-refractivity contribution in [1.82, 2.24) is 0 Å². The van der Waals surface area contributed by atoms with Gasteiger partial charge in [0.2, 0.25) is 0 Å². The van der Waals surface area contributed by atoms with Crippen LogP contribution >= 0.6 is 0 Å². The molecule has 5 nitrogen and oxygen atoms in total. The third kappa shape index (κ3) is 12.9. The quantitative estimate of drug-likeness (QED) is 0.114. The number of rotatable bonds is 14. The zero-order valence-corrected chi connectivity index (χ0v) is 15.1. The van der Waals surface area contributed by atoms with E-state index in [2.05, 4.69) is 42.1 Å². The molecule has 136 valence electrons. The first kappa shape index (κ1) is 22.4. The first-order valence-electron chi connectivity index (χ1n) is 8.98. The molecular formula is C19H33N3O2. The van der Waals surface area contributed by atoms with E-state index < -0.39 is 12.1 Å². The van der Waals surface area contributed by atoms with Gasteiger partial charge in [-0.05, 0) is 38.1 Å². The fraction of sp³-hybridized carbons (Fsp3) is 0.684. The number of aliphatic hydroxyl groups excluding tert-OH is 2. The number of allylic oxidation sites excluding steroid dienone is 5. The van der Waals surface area contributed by atoms with Crippen LogP contribution in [-0.4, -0.2) is 29.0 Å². The lowest BCUT2D eigenvalue weighted by molar-refractivity contribution is 0.144. The normalized spacial score (nSPS) is 14.9. The molecule has 0 aliphatic rings. The molecule has 0 aliphatic heterocycles. The molecule has 0 aromatic heterocycles. The maximum absolute atomic E-state index is 9.73. The number of hydrogen-bond donors (Lipinski definition) is 2. The van der Waals surface area contributed by atoms with Crippen LogP contribution in [0.5, 0.6) is 0 Å². The van der Waals surface area contributed by atoms with Crippen molar-refractivity contribution in [2.75, 3.05) is 6.61 Å². The second kappa shape index (κ2) is 16.3. The van der Waals surface area contributed by atoms with Gasteiger partial charge in [0.25, 0.3) is 0 Å². The van der Waals surface area contributed by atoms with Gasteiger partial charge in [-0.3, -0.25) is 0 Å². The van der Waals surface area contributed by atoms with Gasteiger partial charge in [-0.1, -0.05) is 73.7 Å². The number of aliphatic hydroxyl groups is 2. The standard InChI is InChI=1S/C19H33N3O2/c1-3-4-5-6-7-8-10-13-17(2)14-11-9-12-15-19(24)18(16-23)21-22-20/h10,12-15,18-19,23-24H,3-9,11,16H2,1-2H3/b13-10+,15-12+,17-14+/t18-,19+/m0/s1. The molecule has 2 atom stereocenters. The van der Waals surface area contributed by atoms with Crippen LogP contribution in [0, 0.1) is 0 Å². The zero-order chi connectivity index (χ0) is 18.0. The van der Waals surface area contributed by atoms with Crippen LogP contribution in [0.4, 0.5) is 0 Å². The van der Waals surface area contributed by atoms with Crippen molar-refractivity contribution in [1.29, 1.82) is 0 Å². The molecule has 0 aromatic carbocycles. The number of unbranched alkanes of at least 4 members (excludes halogenated alkanes) is 6.